The summed E-state index contributed by atoms with van der Waals surface area (Å²) in [5.74, 6) is 0.274. The number of aliphatic carboxylic acids is 1. The fourth-order valence-corrected chi connectivity index (χ4v) is 1.81. The number of carbonyl (C=O) groups is 1. The highest BCUT2D eigenvalue weighted by molar-refractivity contribution is 5.69. The van der Waals surface area contributed by atoms with Crippen LogP contribution in [0.25, 0.3) is 0 Å². The lowest BCUT2D eigenvalue weighted by Gasteiger charge is -2.24. The van der Waals surface area contributed by atoms with Crippen molar-refractivity contribution >= 4 is 5.97 Å². The van der Waals surface area contributed by atoms with Crippen molar-refractivity contribution in [1.82, 2.24) is 4.90 Å². The van der Waals surface area contributed by atoms with Gasteiger partial charge < -0.3 is 9.52 Å². The zero-order chi connectivity index (χ0) is 12.8. The van der Waals surface area contributed by atoms with Gasteiger partial charge >= 0.3 is 5.97 Å². The summed E-state index contributed by atoms with van der Waals surface area (Å²) < 4.78 is 5.30. The molecule has 1 N–H and O–H groups in total. The molecule has 0 aliphatic carbocycles. The minimum Gasteiger partial charge on any atom is -0.481 e. The molecule has 1 aromatic rings. The molecular weight excluding hydrogens is 218 g/mol. The highest BCUT2D eigenvalue weighted by Gasteiger charge is 2.17. The molecule has 0 aromatic carbocycles. The SMILES string of the molecule is CC(C)CN(Cc1ccco1)CC(C)C(=O)O. The Morgan fingerprint density at radius 2 is 2.12 bits per heavy atom. The largest absolute Gasteiger partial charge is 0.481 e. The molecule has 0 fully saturated rings. The molecular formula is C13H21NO3. The second-order valence-electron chi connectivity index (χ2n) is 4.91. The topological polar surface area (TPSA) is 53.7 Å². The molecule has 4 nitrogen and oxygen atoms in total. The van der Waals surface area contributed by atoms with Gasteiger partial charge in [-0.15, -0.1) is 0 Å². The molecule has 0 spiro atoms. The molecule has 17 heavy (non-hydrogen) atoms. The predicted molar refractivity (Wildman–Crippen MR) is 65.6 cm³/mol. The smallest absolute Gasteiger partial charge is 0.307 e. The van der Waals surface area contributed by atoms with E-state index in [1.54, 1.807) is 13.2 Å². The van der Waals surface area contributed by atoms with Gasteiger partial charge in [-0.3, -0.25) is 9.69 Å². The van der Waals surface area contributed by atoms with Gasteiger partial charge in [0, 0.05) is 13.1 Å². The van der Waals surface area contributed by atoms with Gasteiger partial charge in [-0.05, 0) is 18.1 Å². The van der Waals surface area contributed by atoms with Crippen LogP contribution in [0.3, 0.4) is 0 Å². The highest BCUT2D eigenvalue weighted by Crippen LogP contribution is 2.10. The standard InChI is InChI=1S/C13H21NO3/c1-10(2)7-14(8-11(3)13(15)16)9-12-5-4-6-17-12/h4-6,10-11H,7-9H2,1-3H3,(H,15,16). The third-order valence-corrected chi connectivity index (χ3v) is 2.54. The van der Waals surface area contributed by atoms with E-state index < -0.39 is 5.97 Å². The third kappa shape index (κ3) is 5.04. The van der Waals surface area contributed by atoms with E-state index in [0.29, 0.717) is 19.0 Å². The number of nitrogens with zero attached hydrogens (tertiary/aromatic N) is 1. The van der Waals surface area contributed by atoms with Crippen LogP contribution in [0.15, 0.2) is 22.8 Å². The molecule has 1 atom stereocenters. The van der Waals surface area contributed by atoms with Crippen molar-refractivity contribution in [2.75, 3.05) is 13.1 Å². The summed E-state index contributed by atoms with van der Waals surface area (Å²) in [4.78, 5) is 13.0. The first-order valence-electron chi connectivity index (χ1n) is 5.96. The number of carboxylic acids is 1. The fourth-order valence-electron chi connectivity index (χ4n) is 1.81. The number of rotatable bonds is 7. The van der Waals surface area contributed by atoms with Gasteiger partial charge in [0.15, 0.2) is 0 Å². The predicted octanol–water partition coefficient (Wildman–Crippen LogP) is 2.46. The number of carboxylic acid groups (broad SMARTS) is 1. The summed E-state index contributed by atoms with van der Waals surface area (Å²) in [6.45, 7) is 8.08. The quantitative estimate of drug-likeness (QED) is 0.794. The maximum atomic E-state index is 10.9. The Kier molecular flexibility index (Phi) is 5.22. The second kappa shape index (κ2) is 6.45. The van der Waals surface area contributed by atoms with Crippen LogP contribution in [0.5, 0.6) is 0 Å². The maximum absolute atomic E-state index is 10.9. The molecule has 1 rings (SSSR count). The van der Waals surface area contributed by atoms with Crippen molar-refractivity contribution in [2.45, 2.75) is 27.3 Å². The van der Waals surface area contributed by atoms with Crippen molar-refractivity contribution in [3.63, 3.8) is 0 Å². The van der Waals surface area contributed by atoms with Crippen LogP contribution < -0.4 is 0 Å². The van der Waals surface area contributed by atoms with Crippen molar-refractivity contribution in [3.8, 4) is 0 Å². The van der Waals surface area contributed by atoms with Crippen LogP contribution in [0.1, 0.15) is 26.5 Å². The minimum absolute atomic E-state index is 0.358. The Bertz CT molecular complexity index is 332. The van der Waals surface area contributed by atoms with E-state index in [2.05, 4.69) is 18.7 Å². The molecule has 1 aromatic heterocycles. The molecule has 0 saturated heterocycles. The first-order chi connectivity index (χ1) is 7.99. The van der Waals surface area contributed by atoms with Gasteiger partial charge in [0.1, 0.15) is 5.76 Å². The van der Waals surface area contributed by atoms with Gasteiger partial charge in [0.25, 0.3) is 0 Å². The molecule has 0 saturated carbocycles. The zero-order valence-corrected chi connectivity index (χ0v) is 10.7. The molecule has 1 unspecified atom stereocenters. The maximum Gasteiger partial charge on any atom is 0.307 e. The molecule has 0 aliphatic rings. The Morgan fingerprint density at radius 3 is 2.59 bits per heavy atom. The van der Waals surface area contributed by atoms with Crippen LogP contribution >= 0.6 is 0 Å². The molecule has 1 heterocycles. The average molecular weight is 239 g/mol. The number of furan rings is 1. The summed E-state index contributed by atoms with van der Waals surface area (Å²) in [5.41, 5.74) is 0. The van der Waals surface area contributed by atoms with Gasteiger partial charge in [-0.1, -0.05) is 20.8 Å². The van der Waals surface area contributed by atoms with E-state index >= 15 is 0 Å². The average Bonchev–Trinajstić information content (AvgIpc) is 2.68. The van der Waals surface area contributed by atoms with Crippen molar-refractivity contribution in [2.24, 2.45) is 11.8 Å². The lowest BCUT2D eigenvalue weighted by Crippen LogP contribution is -2.34. The Balaban J connectivity index is 2.57. The lowest BCUT2D eigenvalue weighted by atomic mass is 10.1. The summed E-state index contributed by atoms with van der Waals surface area (Å²) in [6, 6.07) is 3.77. The first-order valence-corrected chi connectivity index (χ1v) is 5.96. The molecule has 0 aliphatic heterocycles. The van der Waals surface area contributed by atoms with Crippen LogP contribution in [0, 0.1) is 11.8 Å². The van der Waals surface area contributed by atoms with Crippen LogP contribution in [-0.4, -0.2) is 29.1 Å². The summed E-state index contributed by atoms with van der Waals surface area (Å²) in [6.07, 6.45) is 1.64. The third-order valence-electron chi connectivity index (χ3n) is 2.54. The molecule has 0 amide bonds. The molecule has 0 bridgehead atoms. The highest BCUT2D eigenvalue weighted by atomic mass is 16.4. The number of hydrogen-bond donors (Lipinski definition) is 1. The minimum atomic E-state index is -0.752. The van der Waals surface area contributed by atoms with Crippen molar-refractivity contribution in [3.05, 3.63) is 24.2 Å². The second-order valence-corrected chi connectivity index (χ2v) is 4.91. The van der Waals surface area contributed by atoms with E-state index in [0.717, 1.165) is 12.3 Å². The Hall–Kier alpha value is -1.29. The summed E-state index contributed by atoms with van der Waals surface area (Å²) >= 11 is 0. The summed E-state index contributed by atoms with van der Waals surface area (Å²) in [7, 11) is 0. The van der Waals surface area contributed by atoms with Crippen LogP contribution in [0.4, 0.5) is 0 Å². The van der Waals surface area contributed by atoms with E-state index in [-0.39, 0.29) is 5.92 Å². The van der Waals surface area contributed by atoms with Gasteiger partial charge in [0.2, 0.25) is 0 Å². The van der Waals surface area contributed by atoms with Gasteiger partial charge in [0.05, 0.1) is 18.7 Å². The van der Waals surface area contributed by atoms with Gasteiger partial charge in [-0.2, -0.15) is 0 Å². The van der Waals surface area contributed by atoms with E-state index in [4.69, 9.17) is 9.52 Å². The molecule has 0 radical (unpaired) electrons. The Labute approximate surface area is 102 Å². The lowest BCUT2D eigenvalue weighted by molar-refractivity contribution is -0.141. The molecule has 96 valence electrons. The summed E-state index contributed by atoms with van der Waals surface area (Å²) in [5, 5.41) is 8.94. The monoisotopic (exact) mass is 239 g/mol. The van der Waals surface area contributed by atoms with Crippen molar-refractivity contribution in [1.29, 1.82) is 0 Å². The van der Waals surface area contributed by atoms with Crippen LogP contribution in [-0.2, 0) is 11.3 Å². The first kappa shape index (κ1) is 13.8. The Morgan fingerprint density at radius 1 is 1.41 bits per heavy atom. The van der Waals surface area contributed by atoms with Crippen LogP contribution in [0.2, 0.25) is 0 Å². The number of hydrogen-bond acceptors (Lipinski definition) is 3. The normalized spacial score (nSPS) is 13.2. The zero-order valence-electron chi connectivity index (χ0n) is 10.7. The molecule has 4 heteroatoms. The van der Waals surface area contributed by atoms with E-state index in [1.165, 1.54) is 0 Å². The van der Waals surface area contributed by atoms with E-state index in [1.807, 2.05) is 12.1 Å². The van der Waals surface area contributed by atoms with Crippen molar-refractivity contribution < 1.29 is 14.3 Å². The fraction of sp³-hybridized carbons (Fsp3) is 0.615. The van der Waals surface area contributed by atoms with Gasteiger partial charge in [-0.25, -0.2) is 0 Å². The van der Waals surface area contributed by atoms with E-state index in [9.17, 15) is 4.79 Å².